The quantitative estimate of drug-likeness (QED) is 0.464. The van der Waals surface area contributed by atoms with E-state index in [9.17, 15) is 8.42 Å². The second-order valence-electron chi connectivity index (χ2n) is 1.25. The molecular formula is C4H3NO2S. The molecule has 0 radical (unpaired) electrons. The highest BCUT2D eigenvalue weighted by molar-refractivity contribution is 7.97. The van der Waals surface area contributed by atoms with Gasteiger partial charge >= 0.3 is 0 Å². The van der Waals surface area contributed by atoms with Gasteiger partial charge in [0.15, 0.2) is 0 Å². The molecule has 3 nitrogen and oxygen atoms in total. The lowest BCUT2D eigenvalue weighted by Crippen LogP contribution is -1.89. The molecule has 1 rings (SSSR count). The van der Waals surface area contributed by atoms with Gasteiger partial charge in [-0.3, -0.25) is 0 Å². The molecule has 1 aliphatic heterocycles. The molecule has 4 heteroatoms. The fraction of sp³-hybridized carbons (Fsp3) is 0. The summed E-state index contributed by atoms with van der Waals surface area (Å²) in [6, 6.07) is 0. The molecule has 0 spiro atoms. The summed E-state index contributed by atoms with van der Waals surface area (Å²) in [5.74, 6) is 2.20. The average molecular weight is 129 g/mol. The Bertz CT molecular complexity index is 266. The van der Waals surface area contributed by atoms with Crippen molar-refractivity contribution in [3.63, 3.8) is 0 Å². The van der Waals surface area contributed by atoms with Gasteiger partial charge in [-0.1, -0.05) is 0 Å². The van der Waals surface area contributed by atoms with E-state index in [1.165, 1.54) is 6.20 Å². The van der Waals surface area contributed by atoms with Crippen molar-refractivity contribution in [3.8, 4) is 0 Å². The third kappa shape index (κ3) is 1.05. The lowest BCUT2D eigenvalue weighted by atomic mass is 11.0. The summed E-state index contributed by atoms with van der Waals surface area (Å²) in [4.78, 5) is 3.41. The van der Waals surface area contributed by atoms with Crippen LogP contribution in [-0.4, -0.2) is 14.3 Å². The van der Waals surface area contributed by atoms with Crippen LogP contribution in [0.25, 0.3) is 0 Å². The number of rotatable bonds is 0. The smallest absolute Gasteiger partial charge is 0.203 e. The van der Waals surface area contributed by atoms with E-state index in [1.54, 1.807) is 0 Å². The predicted molar refractivity (Wildman–Crippen MR) is 30.1 cm³/mol. The third-order valence-electron chi connectivity index (χ3n) is 0.617. The Morgan fingerprint density at radius 3 is 2.50 bits per heavy atom. The van der Waals surface area contributed by atoms with Gasteiger partial charge < -0.3 is 0 Å². The minimum absolute atomic E-state index is 0.924. The molecule has 0 aromatic rings. The minimum atomic E-state index is -3.09. The van der Waals surface area contributed by atoms with Crippen molar-refractivity contribution in [1.82, 2.24) is 0 Å². The molecule has 0 saturated heterocycles. The second-order valence-corrected chi connectivity index (χ2v) is 2.94. The van der Waals surface area contributed by atoms with Crippen LogP contribution in [0.1, 0.15) is 0 Å². The van der Waals surface area contributed by atoms with Gasteiger partial charge in [-0.25, -0.2) is 13.4 Å². The summed E-state index contributed by atoms with van der Waals surface area (Å²) in [6.45, 7) is 0. The fourth-order valence-electron chi connectivity index (χ4n) is 0.301. The molecule has 0 bridgehead atoms. The van der Waals surface area contributed by atoms with Gasteiger partial charge in [-0.2, -0.15) is 0 Å². The summed E-state index contributed by atoms with van der Waals surface area (Å²) in [5.41, 5.74) is 0. The maximum Gasteiger partial charge on any atom is 0.203 e. The Morgan fingerprint density at radius 1 is 1.50 bits per heavy atom. The van der Waals surface area contributed by atoms with Gasteiger partial charge in [0.05, 0.1) is 10.8 Å². The summed E-state index contributed by atoms with van der Waals surface area (Å²) in [7, 11) is -3.09. The van der Waals surface area contributed by atoms with E-state index >= 15 is 0 Å². The van der Waals surface area contributed by atoms with Crippen molar-refractivity contribution in [2.24, 2.45) is 4.99 Å². The topological polar surface area (TPSA) is 46.5 Å². The van der Waals surface area contributed by atoms with E-state index in [0.29, 0.717) is 0 Å². The van der Waals surface area contributed by atoms with E-state index in [4.69, 9.17) is 0 Å². The first-order chi connectivity index (χ1) is 3.71. The highest BCUT2D eigenvalue weighted by atomic mass is 32.2. The van der Waals surface area contributed by atoms with Crippen LogP contribution in [0.2, 0.25) is 0 Å². The first-order valence-corrected chi connectivity index (χ1v) is 3.52. The molecule has 1 aliphatic rings. The van der Waals surface area contributed by atoms with Crippen LogP contribution in [0.3, 0.4) is 0 Å². The Kier molecular flexibility index (Phi) is 1.04. The number of hydrogen-bond acceptors (Lipinski definition) is 3. The predicted octanol–water partition coefficient (Wildman–Crippen LogP) is 0.0694. The molecule has 1 heterocycles. The highest BCUT2D eigenvalue weighted by Crippen LogP contribution is 1.94. The fourth-order valence-corrected chi connectivity index (χ4v) is 0.818. The molecule has 8 heavy (non-hydrogen) atoms. The molecule has 0 amide bonds. The first-order valence-electron chi connectivity index (χ1n) is 1.91. The molecular weight excluding hydrogens is 126 g/mol. The zero-order chi connectivity index (χ0) is 6.04. The number of sulfone groups is 1. The standard InChI is InChI=1S/C4H3NO2S/c6-8(7)3-1-5-2-4-8/h1,3-4H. The van der Waals surface area contributed by atoms with Crippen molar-refractivity contribution >= 4 is 15.7 Å². The molecule has 0 saturated carbocycles. The zero-order valence-electron chi connectivity index (χ0n) is 3.90. The van der Waals surface area contributed by atoms with E-state index in [-0.39, 0.29) is 0 Å². The Morgan fingerprint density at radius 2 is 2.25 bits per heavy atom. The van der Waals surface area contributed by atoms with Crippen molar-refractivity contribution in [1.29, 1.82) is 0 Å². The lowest BCUT2D eigenvalue weighted by molar-refractivity contribution is 0.612. The summed E-state index contributed by atoms with van der Waals surface area (Å²) in [5, 5.41) is 1.94. The number of hydrogen-bond donors (Lipinski definition) is 0. The minimum Gasteiger partial charge on any atom is -0.219 e. The van der Waals surface area contributed by atoms with Crippen LogP contribution >= 0.6 is 0 Å². The van der Waals surface area contributed by atoms with Gasteiger partial charge in [0.2, 0.25) is 9.84 Å². The first kappa shape index (κ1) is 5.28. The van der Waals surface area contributed by atoms with Crippen molar-refractivity contribution in [2.75, 3.05) is 0 Å². The van der Waals surface area contributed by atoms with Crippen molar-refractivity contribution in [3.05, 3.63) is 17.0 Å². The molecule has 0 unspecified atom stereocenters. The van der Waals surface area contributed by atoms with E-state index in [2.05, 4.69) is 10.9 Å². The number of nitrogens with zero attached hydrogens (tertiary/aromatic N) is 1. The molecule has 0 atom stereocenters. The monoisotopic (exact) mass is 129 g/mol. The van der Waals surface area contributed by atoms with Crippen LogP contribution in [0.4, 0.5) is 0 Å². The Labute approximate surface area is 47.0 Å². The van der Waals surface area contributed by atoms with Gasteiger partial charge in [0, 0.05) is 6.20 Å². The van der Waals surface area contributed by atoms with Crippen molar-refractivity contribution in [2.45, 2.75) is 0 Å². The van der Waals surface area contributed by atoms with Gasteiger partial charge in [-0.15, -0.1) is 0 Å². The largest absolute Gasteiger partial charge is 0.219 e. The normalized spacial score (nSPS) is 21.5. The van der Waals surface area contributed by atoms with E-state index < -0.39 is 9.84 Å². The molecule has 0 aliphatic carbocycles. The van der Waals surface area contributed by atoms with Crippen LogP contribution < -0.4 is 0 Å². The van der Waals surface area contributed by atoms with Crippen LogP contribution in [-0.2, 0) is 9.84 Å². The number of aliphatic imine (C=N–C) groups is 1. The zero-order valence-corrected chi connectivity index (χ0v) is 4.72. The maximum absolute atomic E-state index is 10.4. The molecule has 0 aromatic carbocycles. The second kappa shape index (κ2) is 1.58. The summed E-state index contributed by atoms with van der Waals surface area (Å²) in [6.07, 6.45) is 1.19. The summed E-state index contributed by atoms with van der Waals surface area (Å²) >= 11 is 0. The molecule has 0 N–H and O–H groups in total. The van der Waals surface area contributed by atoms with Crippen LogP contribution in [0.5, 0.6) is 0 Å². The maximum atomic E-state index is 10.4. The van der Waals surface area contributed by atoms with E-state index in [1.807, 2.05) is 0 Å². The highest BCUT2D eigenvalue weighted by Gasteiger charge is 1.98. The Hall–Kier alpha value is -0.860. The van der Waals surface area contributed by atoms with Crippen LogP contribution in [0, 0.1) is 0 Å². The lowest BCUT2D eigenvalue weighted by Gasteiger charge is -1.84. The van der Waals surface area contributed by atoms with Gasteiger partial charge in [-0.05, 0) is 5.87 Å². The van der Waals surface area contributed by atoms with E-state index in [0.717, 1.165) is 10.8 Å². The van der Waals surface area contributed by atoms with Crippen LogP contribution in [0.15, 0.2) is 22.0 Å². The van der Waals surface area contributed by atoms with Gasteiger partial charge in [0.25, 0.3) is 0 Å². The average Bonchev–Trinajstić information content (AvgIpc) is 1.65. The molecule has 0 aromatic heterocycles. The summed E-state index contributed by atoms with van der Waals surface area (Å²) < 4.78 is 20.8. The third-order valence-corrected chi connectivity index (χ3v) is 1.55. The molecule has 0 fully saturated rings. The van der Waals surface area contributed by atoms with Gasteiger partial charge in [0.1, 0.15) is 0 Å². The molecule has 42 valence electrons. The van der Waals surface area contributed by atoms with Crippen molar-refractivity contribution < 1.29 is 8.42 Å². The Balaban J connectivity index is 3.31. The SMILES string of the molecule is O=S1(=O)C=C=NC=C1.